The first kappa shape index (κ1) is 15.8. The molecule has 6 heteroatoms. The third-order valence-electron chi connectivity index (χ3n) is 2.91. The second-order valence-electron chi connectivity index (χ2n) is 4.45. The fraction of sp³-hybridized carbons (Fsp3) is 0.538. The summed E-state index contributed by atoms with van der Waals surface area (Å²) in [5, 5.41) is -0.522. The zero-order valence-electron chi connectivity index (χ0n) is 11.8. The van der Waals surface area contributed by atoms with Crippen LogP contribution in [-0.4, -0.2) is 34.4 Å². The lowest BCUT2D eigenvalue weighted by Crippen LogP contribution is -2.16. The Morgan fingerprint density at radius 3 is 2.16 bits per heavy atom. The summed E-state index contributed by atoms with van der Waals surface area (Å²) in [6.07, 6.45) is 0.599. The Morgan fingerprint density at radius 2 is 1.74 bits per heavy atom. The van der Waals surface area contributed by atoms with Crippen molar-refractivity contribution in [2.24, 2.45) is 5.73 Å². The van der Waals surface area contributed by atoms with Crippen molar-refractivity contribution in [1.82, 2.24) is 0 Å². The Labute approximate surface area is 114 Å². The monoisotopic (exact) mass is 287 g/mol. The van der Waals surface area contributed by atoms with E-state index in [1.807, 2.05) is 0 Å². The Hall–Kier alpha value is -1.27. The molecule has 0 aromatic heterocycles. The molecule has 0 aliphatic rings. The summed E-state index contributed by atoms with van der Waals surface area (Å²) in [6.45, 7) is 3.72. The highest BCUT2D eigenvalue weighted by Crippen LogP contribution is 2.34. The van der Waals surface area contributed by atoms with Gasteiger partial charge in [-0.05, 0) is 38.4 Å². The lowest BCUT2D eigenvalue weighted by molar-refractivity contribution is 0.388. The van der Waals surface area contributed by atoms with E-state index in [0.29, 0.717) is 24.5 Å². The summed E-state index contributed by atoms with van der Waals surface area (Å²) in [4.78, 5) is 0.155. The van der Waals surface area contributed by atoms with Crippen LogP contribution in [0.1, 0.15) is 19.4 Å². The molecule has 0 spiro atoms. The second-order valence-corrected chi connectivity index (χ2v) is 6.92. The fourth-order valence-electron chi connectivity index (χ4n) is 1.76. The maximum Gasteiger partial charge on any atom is 0.184 e. The normalized spacial score (nSPS) is 11.7. The lowest BCUT2D eigenvalue weighted by atomic mass is 10.1. The molecule has 0 aliphatic carbocycles. The highest BCUT2D eigenvalue weighted by molar-refractivity contribution is 7.92. The first-order valence-electron chi connectivity index (χ1n) is 6.07. The van der Waals surface area contributed by atoms with Gasteiger partial charge in [0.05, 0.1) is 19.5 Å². The van der Waals surface area contributed by atoms with Gasteiger partial charge in [0, 0.05) is 6.07 Å². The van der Waals surface area contributed by atoms with E-state index >= 15 is 0 Å². The van der Waals surface area contributed by atoms with Gasteiger partial charge in [0.1, 0.15) is 16.4 Å². The van der Waals surface area contributed by atoms with Gasteiger partial charge in [-0.1, -0.05) is 0 Å². The standard InChI is InChI=1S/C13H21NO4S/c1-9(2)19(15,16)13-8-11(17-3)10(5-6-14)7-12(13)18-4/h7-9H,5-6,14H2,1-4H3. The Morgan fingerprint density at radius 1 is 1.16 bits per heavy atom. The third-order valence-corrected chi connectivity index (χ3v) is 5.08. The number of methoxy groups -OCH3 is 2. The van der Waals surface area contributed by atoms with Crippen LogP contribution in [-0.2, 0) is 16.3 Å². The van der Waals surface area contributed by atoms with Crippen molar-refractivity contribution in [2.75, 3.05) is 20.8 Å². The van der Waals surface area contributed by atoms with Crippen molar-refractivity contribution in [3.05, 3.63) is 17.7 Å². The third kappa shape index (κ3) is 3.19. The Bertz CT molecular complexity index is 538. The molecule has 0 unspecified atom stereocenters. The van der Waals surface area contributed by atoms with E-state index in [-0.39, 0.29) is 4.90 Å². The number of benzene rings is 1. The molecule has 1 rings (SSSR count). The van der Waals surface area contributed by atoms with Crippen LogP contribution in [0.15, 0.2) is 17.0 Å². The van der Waals surface area contributed by atoms with Crippen LogP contribution in [0.4, 0.5) is 0 Å². The molecule has 2 N–H and O–H groups in total. The number of ether oxygens (including phenoxy) is 2. The van der Waals surface area contributed by atoms with Crippen LogP contribution in [0.5, 0.6) is 11.5 Å². The Kier molecular flexibility index (Phi) is 5.20. The van der Waals surface area contributed by atoms with Crippen molar-refractivity contribution < 1.29 is 17.9 Å². The summed E-state index contributed by atoms with van der Waals surface area (Å²) in [5.41, 5.74) is 6.37. The largest absolute Gasteiger partial charge is 0.496 e. The maximum atomic E-state index is 12.3. The molecule has 0 saturated carbocycles. The summed E-state index contributed by atoms with van der Waals surface area (Å²) in [5.74, 6) is 0.850. The van der Waals surface area contributed by atoms with Crippen molar-refractivity contribution in [3.63, 3.8) is 0 Å². The van der Waals surface area contributed by atoms with Crippen molar-refractivity contribution >= 4 is 9.84 Å². The molecule has 19 heavy (non-hydrogen) atoms. The second kappa shape index (κ2) is 6.25. The van der Waals surface area contributed by atoms with E-state index in [1.54, 1.807) is 19.9 Å². The summed E-state index contributed by atoms with van der Waals surface area (Å²) >= 11 is 0. The smallest absolute Gasteiger partial charge is 0.184 e. The van der Waals surface area contributed by atoms with Crippen molar-refractivity contribution in [2.45, 2.75) is 30.4 Å². The van der Waals surface area contributed by atoms with Gasteiger partial charge < -0.3 is 15.2 Å². The molecular formula is C13H21NO4S. The highest BCUT2D eigenvalue weighted by atomic mass is 32.2. The Balaban J connectivity index is 3.49. The highest BCUT2D eigenvalue weighted by Gasteiger charge is 2.25. The van der Waals surface area contributed by atoms with E-state index in [1.165, 1.54) is 20.3 Å². The van der Waals surface area contributed by atoms with E-state index in [2.05, 4.69) is 0 Å². The van der Waals surface area contributed by atoms with Gasteiger partial charge in [-0.2, -0.15) is 0 Å². The van der Waals surface area contributed by atoms with Crippen LogP contribution < -0.4 is 15.2 Å². The minimum absolute atomic E-state index is 0.155. The van der Waals surface area contributed by atoms with Crippen LogP contribution in [0.25, 0.3) is 0 Å². The van der Waals surface area contributed by atoms with E-state index in [0.717, 1.165) is 5.56 Å². The number of nitrogens with two attached hydrogens (primary N) is 1. The van der Waals surface area contributed by atoms with Gasteiger partial charge in [-0.25, -0.2) is 8.42 Å². The molecule has 1 aromatic carbocycles. The first-order valence-corrected chi connectivity index (χ1v) is 7.62. The summed E-state index contributed by atoms with van der Waals surface area (Å²) in [7, 11) is -0.461. The van der Waals surface area contributed by atoms with Gasteiger partial charge in [0.15, 0.2) is 9.84 Å². The molecule has 0 fully saturated rings. The molecule has 0 saturated heterocycles. The quantitative estimate of drug-likeness (QED) is 0.855. The molecule has 0 heterocycles. The topological polar surface area (TPSA) is 78.6 Å². The number of hydrogen-bond acceptors (Lipinski definition) is 5. The predicted molar refractivity (Wildman–Crippen MR) is 74.6 cm³/mol. The number of rotatable bonds is 6. The summed E-state index contributed by atoms with van der Waals surface area (Å²) < 4.78 is 35.0. The van der Waals surface area contributed by atoms with Gasteiger partial charge >= 0.3 is 0 Å². The molecule has 108 valence electrons. The number of hydrogen-bond donors (Lipinski definition) is 1. The fourth-order valence-corrected chi connectivity index (χ4v) is 2.96. The van der Waals surface area contributed by atoms with Crippen molar-refractivity contribution in [3.8, 4) is 11.5 Å². The zero-order chi connectivity index (χ0) is 14.6. The minimum Gasteiger partial charge on any atom is -0.496 e. The molecule has 0 aliphatic heterocycles. The SMILES string of the molecule is COc1cc(S(=O)(=O)C(C)C)c(OC)cc1CCN. The van der Waals surface area contributed by atoms with E-state index in [9.17, 15) is 8.42 Å². The van der Waals surface area contributed by atoms with Crippen LogP contribution in [0.2, 0.25) is 0 Å². The summed E-state index contributed by atoms with van der Waals surface area (Å²) in [6, 6.07) is 3.19. The van der Waals surface area contributed by atoms with Crippen LogP contribution in [0, 0.1) is 0 Å². The zero-order valence-corrected chi connectivity index (χ0v) is 12.6. The first-order chi connectivity index (χ1) is 8.88. The molecule has 0 amide bonds. The molecule has 1 aromatic rings. The average molecular weight is 287 g/mol. The van der Waals surface area contributed by atoms with Gasteiger partial charge in [-0.3, -0.25) is 0 Å². The minimum atomic E-state index is -3.42. The maximum absolute atomic E-state index is 12.3. The molecule has 0 bridgehead atoms. The van der Waals surface area contributed by atoms with Crippen molar-refractivity contribution in [1.29, 1.82) is 0 Å². The average Bonchev–Trinajstić information content (AvgIpc) is 2.38. The molecular weight excluding hydrogens is 266 g/mol. The van der Waals surface area contributed by atoms with Gasteiger partial charge in [0.25, 0.3) is 0 Å². The van der Waals surface area contributed by atoms with Crippen LogP contribution >= 0.6 is 0 Å². The van der Waals surface area contributed by atoms with Crippen LogP contribution in [0.3, 0.4) is 0 Å². The van der Waals surface area contributed by atoms with E-state index in [4.69, 9.17) is 15.2 Å². The molecule has 0 atom stereocenters. The van der Waals surface area contributed by atoms with Gasteiger partial charge in [0.2, 0.25) is 0 Å². The van der Waals surface area contributed by atoms with Gasteiger partial charge in [-0.15, -0.1) is 0 Å². The molecule has 0 radical (unpaired) electrons. The lowest BCUT2D eigenvalue weighted by Gasteiger charge is -2.16. The number of sulfone groups is 1. The predicted octanol–water partition coefficient (Wildman–Crippen LogP) is 1.39. The molecule has 5 nitrogen and oxygen atoms in total. The van der Waals surface area contributed by atoms with E-state index < -0.39 is 15.1 Å².